The molecule has 3 amide bonds. The van der Waals surface area contributed by atoms with Gasteiger partial charge in [-0.15, -0.1) is 0 Å². The Labute approximate surface area is 201 Å². The van der Waals surface area contributed by atoms with Crippen LogP contribution in [0.1, 0.15) is 24.8 Å². The van der Waals surface area contributed by atoms with Gasteiger partial charge in [0, 0.05) is 24.2 Å². The van der Waals surface area contributed by atoms with Crippen molar-refractivity contribution in [2.24, 2.45) is 5.16 Å². The van der Waals surface area contributed by atoms with Crippen molar-refractivity contribution >= 4 is 46.5 Å². The number of anilines is 1. The van der Waals surface area contributed by atoms with Crippen LogP contribution in [-0.2, 0) is 16.2 Å². The highest BCUT2D eigenvalue weighted by molar-refractivity contribution is 6.42. The number of likely N-dealkylation sites (tertiary alicyclic amines) is 1. The molecule has 0 radical (unpaired) electrons. The highest BCUT2D eigenvalue weighted by Gasteiger charge is 2.40. The molecule has 0 spiro atoms. The Morgan fingerprint density at radius 2 is 1.97 bits per heavy atom. The number of oxime groups is 1. The van der Waals surface area contributed by atoms with Crippen LogP contribution >= 0.6 is 23.2 Å². The van der Waals surface area contributed by atoms with E-state index in [4.69, 9.17) is 32.8 Å². The number of nitrogens with one attached hydrogen (secondary N) is 2. The summed E-state index contributed by atoms with van der Waals surface area (Å²) in [5.41, 5.74) is 1.98. The van der Waals surface area contributed by atoms with Gasteiger partial charge >= 0.3 is 6.03 Å². The summed E-state index contributed by atoms with van der Waals surface area (Å²) in [6, 6.07) is 11.3. The Bertz CT molecular complexity index is 1070. The Balaban J connectivity index is 1.43. The summed E-state index contributed by atoms with van der Waals surface area (Å²) in [6.45, 7) is 0.370. The first-order valence-corrected chi connectivity index (χ1v) is 11.3. The van der Waals surface area contributed by atoms with Gasteiger partial charge in [0.15, 0.2) is 0 Å². The highest BCUT2D eigenvalue weighted by atomic mass is 35.5. The zero-order valence-electron chi connectivity index (χ0n) is 18.0. The van der Waals surface area contributed by atoms with Gasteiger partial charge in [-0.05, 0) is 42.7 Å². The molecular formula is C23H24Cl2N4O4. The number of nitrogens with zero attached hydrogens (tertiary/aromatic N) is 2. The maximum absolute atomic E-state index is 13.0. The van der Waals surface area contributed by atoms with Crippen LogP contribution in [0, 0.1) is 0 Å². The summed E-state index contributed by atoms with van der Waals surface area (Å²) in [7, 11) is 1.56. The fourth-order valence-corrected chi connectivity index (χ4v) is 3.79. The largest absolute Gasteiger partial charge is 0.497 e. The number of carbonyl (C=O) groups is 2. The molecule has 10 heteroatoms. The lowest BCUT2D eigenvalue weighted by Crippen LogP contribution is -2.48. The maximum Gasteiger partial charge on any atom is 0.322 e. The lowest BCUT2D eigenvalue weighted by Gasteiger charge is -2.23. The second-order valence-electron chi connectivity index (χ2n) is 7.97. The number of amides is 3. The summed E-state index contributed by atoms with van der Waals surface area (Å²) in [6.07, 6.45) is 2.22. The predicted molar refractivity (Wildman–Crippen MR) is 127 cm³/mol. The first-order chi connectivity index (χ1) is 15.9. The molecule has 0 bridgehead atoms. The molecule has 2 N–H and O–H groups in total. The van der Waals surface area contributed by atoms with Crippen LogP contribution in [-0.4, -0.2) is 48.3 Å². The molecule has 2 aromatic carbocycles. The monoisotopic (exact) mass is 490 g/mol. The number of rotatable bonds is 7. The molecule has 2 aromatic rings. The smallest absolute Gasteiger partial charge is 0.322 e. The number of hydrogen-bond acceptors (Lipinski definition) is 5. The van der Waals surface area contributed by atoms with Crippen molar-refractivity contribution in [2.75, 3.05) is 19.0 Å². The van der Waals surface area contributed by atoms with Gasteiger partial charge in [-0.25, -0.2) is 4.79 Å². The number of ether oxygens (including phenoxy) is 1. The van der Waals surface area contributed by atoms with E-state index in [2.05, 4.69) is 15.8 Å². The molecular weight excluding hydrogens is 467 g/mol. The van der Waals surface area contributed by atoms with Gasteiger partial charge in [-0.1, -0.05) is 40.5 Å². The summed E-state index contributed by atoms with van der Waals surface area (Å²) < 4.78 is 5.20. The molecule has 2 fully saturated rings. The van der Waals surface area contributed by atoms with E-state index in [1.165, 1.54) is 4.90 Å². The van der Waals surface area contributed by atoms with Gasteiger partial charge in [0.25, 0.3) is 0 Å². The van der Waals surface area contributed by atoms with Crippen LogP contribution < -0.4 is 15.4 Å². The van der Waals surface area contributed by atoms with Crippen molar-refractivity contribution in [1.29, 1.82) is 0 Å². The van der Waals surface area contributed by atoms with Crippen molar-refractivity contribution in [3.63, 3.8) is 0 Å². The van der Waals surface area contributed by atoms with Crippen molar-refractivity contribution < 1.29 is 19.2 Å². The van der Waals surface area contributed by atoms with Crippen molar-refractivity contribution in [3.8, 4) is 5.75 Å². The first kappa shape index (κ1) is 23.2. The van der Waals surface area contributed by atoms with Crippen LogP contribution in [0.5, 0.6) is 5.75 Å². The van der Waals surface area contributed by atoms with Gasteiger partial charge in [-0.2, -0.15) is 0 Å². The molecule has 2 aliphatic rings. The van der Waals surface area contributed by atoms with Crippen LogP contribution in [0.25, 0.3) is 0 Å². The summed E-state index contributed by atoms with van der Waals surface area (Å²) in [5, 5.41) is 10.9. The molecule has 1 atom stereocenters. The Morgan fingerprint density at radius 1 is 1.15 bits per heavy atom. The Hall–Kier alpha value is -2.97. The Morgan fingerprint density at radius 3 is 2.70 bits per heavy atom. The average molecular weight is 491 g/mol. The van der Waals surface area contributed by atoms with Crippen LogP contribution in [0.4, 0.5) is 10.5 Å². The van der Waals surface area contributed by atoms with Crippen LogP contribution in [0.2, 0.25) is 10.0 Å². The standard InChI is InChI=1S/C23H24Cl2N4O4/c1-32-18-4-2-3-16(10-18)27-23(31)29-12-17(11-21(29)22(30)26-15-6-7-15)28-33-13-14-5-8-19(24)20(25)9-14/h2-5,8-10,15,21H,6-7,11-13H2,1H3,(H,26,30)(H,27,31)/t21-/m0/s1. The minimum Gasteiger partial charge on any atom is -0.497 e. The SMILES string of the molecule is COc1cccc(NC(=O)N2CC(=NOCc3ccc(Cl)c(Cl)c3)C[C@H]2C(=O)NC2CC2)c1. The second-order valence-corrected chi connectivity index (χ2v) is 8.79. The number of hydrogen-bond donors (Lipinski definition) is 2. The van der Waals surface area contributed by atoms with E-state index in [1.54, 1.807) is 49.6 Å². The average Bonchev–Trinajstić information content (AvgIpc) is 3.51. The van der Waals surface area contributed by atoms with E-state index in [9.17, 15) is 9.59 Å². The number of halogens is 2. The summed E-state index contributed by atoms with van der Waals surface area (Å²) >= 11 is 12.0. The van der Waals surface area contributed by atoms with Crippen molar-refractivity contribution in [1.82, 2.24) is 10.2 Å². The van der Waals surface area contributed by atoms with Gasteiger partial charge in [-0.3, -0.25) is 4.79 Å². The number of urea groups is 1. The molecule has 1 saturated heterocycles. The molecule has 1 aliphatic carbocycles. The lowest BCUT2D eigenvalue weighted by atomic mass is 10.2. The van der Waals surface area contributed by atoms with E-state index in [1.807, 2.05) is 0 Å². The normalized spacial score (nSPS) is 18.8. The fraction of sp³-hybridized carbons (Fsp3) is 0.348. The van der Waals surface area contributed by atoms with Crippen LogP contribution in [0.3, 0.4) is 0 Å². The summed E-state index contributed by atoms with van der Waals surface area (Å²) in [5.74, 6) is 0.433. The first-order valence-electron chi connectivity index (χ1n) is 10.6. The molecule has 1 aliphatic heterocycles. The number of carbonyl (C=O) groups excluding carboxylic acids is 2. The molecule has 1 heterocycles. The van der Waals surface area contributed by atoms with Crippen molar-refractivity contribution in [3.05, 3.63) is 58.1 Å². The molecule has 33 heavy (non-hydrogen) atoms. The van der Waals surface area contributed by atoms with E-state index in [0.29, 0.717) is 33.6 Å². The van der Waals surface area contributed by atoms with E-state index < -0.39 is 12.1 Å². The van der Waals surface area contributed by atoms with E-state index in [-0.39, 0.29) is 25.1 Å². The second kappa shape index (κ2) is 10.3. The topological polar surface area (TPSA) is 92.3 Å². The molecule has 4 rings (SSSR count). The molecule has 0 unspecified atom stereocenters. The molecule has 174 valence electrons. The van der Waals surface area contributed by atoms with Crippen molar-refractivity contribution in [2.45, 2.75) is 38.0 Å². The van der Waals surface area contributed by atoms with Gasteiger partial charge in [0.1, 0.15) is 18.4 Å². The molecule has 1 saturated carbocycles. The third kappa shape index (κ3) is 6.09. The van der Waals surface area contributed by atoms with E-state index >= 15 is 0 Å². The number of benzene rings is 2. The molecule has 8 nitrogen and oxygen atoms in total. The fourth-order valence-electron chi connectivity index (χ4n) is 3.47. The lowest BCUT2D eigenvalue weighted by molar-refractivity contribution is -0.124. The maximum atomic E-state index is 13.0. The van der Waals surface area contributed by atoms with Gasteiger partial charge in [0.05, 0.1) is 29.4 Å². The van der Waals surface area contributed by atoms with Gasteiger partial charge in [0.2, 0.25) is 5.91 Å². The zero-order chi connectivity index (χ0) is 23.4. The highest BCUT2D eigenvalue weighted by Crippen LogP contribution is 2.25. The zero-order valence-corrected chi connectivity index (χ0v) is 19.5. The minimum absolute atomic E-state index is 0.180. The summed E-state index contributed by atoms with van der Waals surface area (Å²) in [4.78, 5) is 32.8. The van der Waals surface area contributed by atoms with Gasteiger partial charge < -0.3 is 25.1 Å². The number of methoxy groups -OCH3 is 1. The Kier molecular flexibility index (Phi) is 7.25. The quantitative estimate of drug-likeness (QED) is 0.560. The van der Waals surface area contributed by atoms with Crippen LogP contribution in [0.15, 0.2) is 47.6 Å². The molecule has 0 aromatic heterocycles. The van der Waals surface area contributed by atoms with E-state index in [0.717, 1.165) is 18.4 Å². The predicted octanol–water partition coefficient (Wildman–Crippen LogP) is 4.46. The minimum atomic E-state index is -0.663. The third-order valence-electron chi connectivity index (χ3n) is 5.38. The third-order valence-corrected chi connectivity index (χ3v) is 6.11.